The number of pyridine rings is 1. The minimum atomic E-state index is -0.254. The molecule has 0 fully saturated rings. The summed E-state index contributed by atoms with van der Waals surface area (Å²) in [7, 11) is 0. The third-order valence-electron chi connectivity index (χ3n) is 1.99. The largest absolute Gasteiger partial charge is 0.383 e. The molecule has 0 unspecified atom stereocenters. The Morgan fingerprint density at radius 3 is 2.43 bits per heavy atom. The molecule has 0 spiro atoms. The van der Waals surface area contributed by atoms with Crippen LogP contribution in [-0.2, 0) is 0 Å². The maximum atomic E-state index is 12.7. The molecule has 1 aromatic heterocycles. The fourth-order valence-electron chi connectivity index (χ4n) is 1.29. The van der Waals surface area contributed by atoms with Gasteiger partial charge in [-0.2, -0.15) is 0 Å². The Bertz CT molecular complexity index is 437. The lowest BCUT2D eigenvalue weighted by Crippen LogP contribution is -1.92. The van der Waals surface area contributed by atoms with Crippen LogP contribution in [0.2, 0.25) is 0 Å². The Labute approximate surface area is 81.2 Å². The Balaban J connectivity index is 2.50. The number of rotatable bonds is 1. The Morgan fingerprint density at radius 2 is 1.79 bits per heavy atom. The summed E-state index contributed by atoms with van der Waals surface area (Å²) < 4.78 is 12.7. The van der Waals surface area contributed by atoms with Crippen molar-refractivity contribution in [2.45, 2.75) is 0 Å². The number of halogens is 1. The highest BCUT2D eigenvalue weighted by Crippen LogP contribution is 2.23. The van der Waals surface area contributed by atoms with Crippen LogP contribution in [0.5, 0.6) is 0 Å². The molecular formula is C11H9FN2. The SMILES string of the molecule is Nc1ncccc1-c1ccc(F)cc1. The highest BCUT2D eigenvalue weighted by molar-refractivity contribution is 5.73. The molecule has 1 heterocycles. The molecule has 2 nitrogen and oxygen atoms in total. The van der Waals surface area contributed by atoms with Crippen molar-refractivity contribution >= 4 is 5.82 Å². The standard InChI is InChI=1S/C11H9FN2/c12-9-5-3-8(4-6-9)10-2-1-7-14-11(10)13/h1-7H,(H2,13,14). The van der Waals surface area contributed by atoms with Crippen LogP contribution in [0.15, 0.2) is 42.6 Å². The maximum absolute atomic E-state index is 12.7. The van der Waals surface area contributed by atoms with Crippen molar-refractivity contribution in [3.05, 3.63) is 48.4 Å². The zero-order valence-corrected chi connectivity index (χ0v) is 7.44. The van der Waals surface area contributed by atoms with Gasteiger partial charge in [0.2, 0.25) is 0 Å². The average Bonchev–Trinajstić information content (AvgIpc) is 2.20. The van der Waals surface area contributed by atoms with E-state index in [9.17, 15) is 4.39 Å². The minimum absolute atomic E-state index is 0.254. The molecule has 0 atom stereocenters. The first-order chi connectivity index (χ1) is 6.77. The van der Waals surface area contributed by atoms with Gasteiger partial charge in [0, 0.05) is 11.8 Å². The molecular weight excluding hydrogens is 179 g/mol. The Morgan fingerprint density at radius 1 is 1.07 bits per heavy atom. The van der Waals surface area contributed by atoms with Crippen molar-refractivity contribution in [1.29, 1.82) is 0 Å². The third kappa shape index (κ3) is 1.57. The second-order valence-corrected chi connectivity index (χ2v) is 2.94. The highest BCUT2D eigenvalue weighted by Gasteiger charge is 2.01. The van der Waals surface area contributed by atoms with Gasteiger partial charge in [-0.05, 0) is 29.8 Å². The first-order valence-electron chi connectivity index (χ1n) is 4.24. The summed E-state index contributed by atoms with van der Waals surface area (Å²) >= 11 is 0. The smallest absolute Gasteiger partial charge is 0.131 e. The van der Waals surface area contributed by atoms with Crippen molar-refractivity contribution in [3.8, 4) is 11.1 Å². The molecule has 0 saturated heterocycles. The molecule has 0 saturated carbocycles. The van der Waals surface area contributed by atoms with Crippen LogP contribution >= 0.6 is 0 Å². The van der Waals surface area contributed by atoms with Crippen LogP contribution < -0.4 is 5.73 Å². The second-order valence-electron chi connectivity index (χ2n) is 2.94. The topological polar surface area (TPSA) is 38.9 Å². The summed E-state index contributed by atoms with van der Waals surface area (Å²) in [4.78, 5) is 3.96. The van der Waals surface area contributed by atoms with E-state index in [1.54, 1.807) is 24.4 Å². The highest BCUT2D eigenvalue weighted by atomic mass is 19.1. The lowest BCUT2D eigenvalue weighted by molar-refractivity contribution is 0.628. The number of hydrogen-bond donors (Lipinski definition) is 1. The molecule has 2 rings (SSSR count). The van der Waals surface area contributed by atoms with Crippen LogP contribution in [0.4, 0.5) is 10.2 Å². The molecule has 2 N–H and O–H groups in total. The molecule has 14 heavy (non-hydrogen) atoms. The summed E-state index contributed by atoms with van der Waals surface area (Å²) in [6.07, 6.45) is 1.63. The second kappa shape index (κ2) is 3.46. The van der Waals surface area contributed by atoms with Crippen LogP contribution in [0, 0.1) is 5.82 Å². The van der Waals surface area contributed by atoms with Gasteiger partial charge in [-0.1, -0.05) is 12.1 Å². The zero-order chi connectivity index (χ0) is 9.97. The molecule has 0 radical (unpaired) electrons. The first kappa shape index (κ1) is 8.69. The molecule has 0 aliphatic heterocycles. The molecule has 0 aliphatic rings. The first-order valence-corrected chi connectivity index (χ1v) is 4.24. The van der Waals surface area contributed by atoms with Crippen LogP contribution in [0.25, 0.3) is 11.1 Å². The van der Waals surface area contributed by atoms with Gasteiger partial charge in [0.15, 0.2) is 0 Å². The predicted octanol–water partition coefficient (Wildman–Crippen LogP) is 2.47. The van der Waals surface area contributed by atoms with Gasteiger partial charge in [0.05, 0.1) is 0 Å². The van der Waals surface area contributed by atoms with E-state index in [1.807, 2.05) is 6.07 Å². The molecule has 2 aromatic rings. The predicted molar refractivity (Wildman–Crippen MR) is 54.0 cm³/mol. The molecule has 0 aliphatic carbocycles. The fraction of sp³-hybridized carbons (Fsp3) is 0. The summed E-state index contributed by atoms with van der Waals surface area (Å²) in [5.41, 5.74) is 7.38. The number of nitrogens with two attached hydrogens (primary N) is 1. The molecule has 1 aromatic carbocycles. The number of nitrogens with zero attached hydrogens (tertiary/aromatic N) is 1. The van der Waals surface area contributed by atoms with Crippen molar-refractivity contribution in [3.63, 3.8) is 0 Å². The van der Waals surface area contributed by atoms with Gasteiger partial charge in [-0.15, -0.1) is 0 Å². The number of anilines is 1. The lowest BCUT2D eigenvalue weighted by Gasteiger charge is -2.03. The van der Waals surface area contributed by atoms with Gasteiger partial charge in [-0.3, -0.25) is 0 Å². The zero-order valence-electron chi connectivity index (χ0n) is 7.44. The Hall–Kier alpha value is -1.90. The molecule has 0 amide bonds. The average molecular weight is 188 g/mol. The van der Waals surface area contributed by atoms with E-state index in [0.29, 0.717) is 5.82 Å². The monoisotopic (exact) mass is 188 g/mol. The van der Waals surface area contributed by atoms with E-state index < -0.39 is 0 Å². The van der Waals surface area contributed by atoms with Crippen molar-refractivity contribution in [2.24, 2.45) is 0 Å². The normalized spacial score (nSPS) is 10.1. The van der Waals surface area contributed by atoms with Crippen LogP contribution in [0.1, 0.15) is 0 Å². The van der Waals surface area contributed by atoms with Gasteiger partial charge in [-0.25, -0.2) is 9.37 Å². The van der Waals surface area contributed by atoms with E-state index in [1.165, 1.54) is 12.1 Å². The number of hydrogen-bond acceptors (Lipinski definition) is 2. The number of aromatic nitrogens is 1. The van der Waals surface area contributed by atoms with E-state index in [0.717, 1.165) is 11.1 Å². The van der Waals surface area contributed by atoms with Crippen molar-refractivity contribution in [2.75, 3.05) is 5.73 Å². The molecule has 3 heteroatoms. The van der Waals surface area contributed by atoms with Gasteiger partial charge in [0.25, 0.3) is 0 Å². The summed E-state index contributed by atoms with van der Waals surface area (Å²) in [5, 5.41) is 0. The summed E-state index contributed by atoms with van der Waals surface area (Å²) in [6, 6.07) is 9.83. The van der Waals surface area contributed by atoms with Gasteiger partial charge >= 0.3 is 0 Å². The minimum Gasteiger partial charge on any atom is -0.383 e. The molecule has 70 valence electrons. The maximum Gasteiger partial charge on any atom is 0.131 e. The van der Waals surface area contributed by atoms with E-state index >= 15 is 0 Å². The number of benzene rings is 1. The van der Waals surface area contributed by atoms with E-state index in [-0.39, 0.29) is 5.82 Å². The van der Waals surface area contributed by atoms with Crippen LogP contribution in [0.3, 0.4) is 0 Å². The van der Waals surface area contributed by atoms with Gasteiger partial charge < -0.3 is 5.73 Å². The third-order valence-corrected chi connectivity index (χ3v) is 1.99. The van der Waals surface area contributed by atoms with E-state index in [2.05, 4.69) is 4.98 Å². The Kier molecular flexibility index (Phi) is 2.14. The van der Waals surface area contributed by atoms with Gasteiger partial charge in [0.1, 0.15) is 11.6 Å². The van der Waals surface area contributed by atoms with Crippen molar-refractivity contribution in [1.82, 2.24) is 4.98 Å². The molecule has 0 bridgehead atoms. The fourth-order valence-corrected chi connectivity index (χ4v) is 1.29. The quantitative estimate of drug-likeness (QED) is 0.746. The summed E-state index contributed by atoms with van der Waals surface area (Å²) in [5.74, 6) is 0.204. The van der Waals surface area contributed by atoms with Crippen LogP contribution in [-0.4, -0.2) is 4.98 Å². The lowest BCUT2D eigenvalue weighted by atomic mass is 10.1. The summed E-state index contributed by atoms with van der Waals surface area (Å²) in [6.45, 7) is 0. The number of nitrogen functional groups attached to an aromatic ring is 1. The van der Waals surface area contributed by atoms with E-state index in [4.69, 9.17) is 5.73 Å². The van der Waals surface area contributed by atoms with Crippen molar-refractivity contribution < 1.29 is 4.39 Å².